The average Bonchev–Trinajstić information content (AvgIpc) is 2.72. The van der Waals surface area contributed by atoms with Crippen LogP contribution in [0.5, 0.6) is 5.75 Å². The van der Waals surface area contributed by atoms with E-state index in [-0.39, 0.29) is 30.9 Å². The number of benzene rings is 2. The molecule has 6 heteroatoms. The molecular formula is C23H31N3O3. The lowest BCUT2D eigenvalue weighted by Gasteiger charge is -2.29. The van der Waals surface area contributed by atoms with Gasteiger partial charge in [0.05, 0.1) is 25.9 Å². The van der Waals surface area contributed by atoms with Crippen molar-refractivity contribution < 1.29 is 14.3 Å². The summed E-state index contributed by atoms with van der Waals surface area (Å²) in [6, 6.07) is 17.3. The van der Waals surface area contributed by atoms with E-state index >= 15 is 0 Å². The molecule has 2 aromatic carbocycles. The Balaban J connectivity index is 1.97. The molecule has 2 aromatic rings. The Morgan fingerprint density at radius 2 is 1.66 bits per heavy atom. The highest BCUT2D eigenvalue weighted by Crippen LogP contribution is 2.22. The molecule has 0 spiro atoms. The summed E-state index contributed by atoms with van der Waals surface area (Å²) in [6.07, 6.45) is 0. The van der Waals surface area contributed by atoms with Gasteiger partial charge in [0, 0.05) is 12.6 Å². The molecule has 0 radical (unpaired) electrons. The monoisotopic (exact) mass is 397 g/mol. The quantitative estimate of drug-likeness (QED) is 0.668. The smallest absolute Gasteiger partial charge is 0.238 e. The lowest BCUT2D eigenvalue weighted by atomic mass is 10.2. The Morgan fingerprint density at radius 3 is 2.28 bits per heavy atom. The minimum Gasteiger partial charge on any atom is -0.495 e. The molecule has 29 heavy (non-hydrogen) atoms. The van der Waals surface area contributed by atoms with Crippen molar-refractivity contribution in [3.63, 3.8) is 0 Å². The van der Waals surface area contributed by atoms with E-state index in [0.717, 1.165) is 5.56 Å². The Labute approximate surface area is 173 Å². The van der Waals surface area contributed by atoms with Gasteiger partial charge in [-0.3, -0.25) is 14.5 Å². The van der Waals surface area contributed by atoms with Crippen molar-refractivity contribution in [3.05, 3.63) is 60.2 Å². The number of anilines is 1. The van der Waals surface area contributed by atoms with Gasteiger partial charge in [0.2, 0.25) is 11.8 Å². The van der Waals surface area contributed by atoms with Crippen LogP contribution >= 0.6 is 0 Å². The van der Waals surface area contributed by atoms with Gasteiger partial charge < -0.3 is 15.0 Å². The van der Waals surface area contributed by atoms with E-state index in [1.54, 1.807) is 19.2 Å². The number of carbonyl (C=O) groups is 2. The molecule has 0 fully saturated rings. The second-order valence-corrected chi connectivity index (χ2v) is 7.15. The Kier molecular flexibility index (Phi) is 8.68. The maximum atomic E-state index is 12.9. The van der Waals surface area contributed by atoms with E-state index in [4.69, 9.17) is 4.74 Å². The molecule has 2 rings (SSSR count). The van der Waals surface area contributed by atoms with Crippen molar-refractivity contribution in [1.29, 1.82) is 0 Å². The third-order valence-corrected chi connectivity index (χ3v) is 4.69. The number of amides is 2. The van der Waals surface area contributed by atoms with E-state index in [1.165, 1.54) is 0 Å². The summed E-state index contributed by atoms with van der Waals surface area (Å²) in [5, 5.41) is 2.86. The number of para-hydroxylation sites is 2. The van der Waals surface area contributed by atoms with Gasteiger partial charge in [0.25, 0.3) is 0 Å². The van der Waals surface area contributed by atoms with Gasteiger partial charge in [-0.1, -0.05) is 49.4 Å². The van der Waals surface area contributed by atoms with Gasteiger partial charge in [0.1, 0.15) is 5.75 Å². The molecule has 0 unspecified atom stereocenters. The van der Waals surface area contributed by atoms with Gasteiger partial charge >= 0.3 is 0 Å². The third-order valence-electron chi connectivity index (χ3n) is 4.69. The SMILES string of the molecule is CCN(CC(=O)Nc1ccccc1OC)CC(=O)N(Cc1ccccc1)C(C)C. The molecule has 6 nitrogen and oxygen atoms in total. The van der Waals surface area contributed by atoms with Crippen LogP contribution in [0.2, 0.25) is 0 Å². The molecule has 0 aliphatic rings. The number of rotatable bonds is 10. The van der Waals surface area contributed by atoms with Crippen LogP contribution in [0.15, 0.2) is 54.6 Å². The first kappa shape index (κ1) is 22.4. The number of methoxy groups -OCH3 is 1. The normalized spacial score (nSPS) is 10.8. The summed E-state index contributed by atoms with van der Waals surface area (Å²) in [5.41, 5.74) is 1.71. The van der Waals surface area contributed by atoms with Crippen LogP contribution in [0.3, 0.4) is 0 Å². The lowest BCUT2D eigenvalue weighted by Crippen LogP contribution is -2.45. The van der Waals surface area contributed by atoms with Crippen LogP contribution in [-0.4, -0.2) is 54.4 Å². The highest BCUT2D eigenvalue weighted by atomic mass is 16.5. The first-order valence-electron chi connectivity index (χ1n) is 9.93. The van der Waals surface area contributed by atoms with E-state index < -0.39 is 0 Å². The molecular weight excluding hydrogens is 366 g/mol. The lowest BCUT2D eigenvalue weighted by molar-refractivity contribution is -0.135. The molecule has 0 aliphatic heterocycles. The number of hydrogen-bond acceptors (Lipinski definition) is 4. The van der Waals surface area contributed by atoms with Crippen molar-refractivity contribution in [2.24, 2.45) is 0 Å². The number of carbonyl (C=O) groups excluding carboxylic acids is 2. The fourth-order valence-corrected chi connectivity index (χ4v) is 3.04. The molecule has 2 amide bonds. The predicted molar refractivity (Wildman–Crippen MR) is 116 cm³/mol. The van der Waals surface area contributed by atoms with E-state index in [0.29, 0.717) is 24.5 Å². The third kappa shape index (κ3) is 6.91. The first-order valence-corrected chi connectivity index (χ1v) is 9.93. The minimum absolute atomic E-state index is 0.01000. The Morgan fingerprint density at radius 1 is 1.00 bits per heavy atom. The van der Waals surface area contributed by atoms with Crippen LogP contribution in [-0.2, 0) is 16.1 Å². The van der Waals surface area contributed by atoms with Crippen molar-refractivity contribution >= 4 is 17.5 Å². The van der Waals surface area contributed by atoms with Crippen LogP contribution in [0.1, 0.15) is 26.3 Å². The van der Waals surface area contributed by atoms with Crippen molar-refractivity contribution in [2.75, 3.05) is 32.1 Å². The van der Waals surface area contributed by atoms with Crippen molar-refractivity contribution in [2.45, 2.75) is 33.4 Å². The molecule has 1 N–H and O–H groups in total. The summed E-state index contributed by atoms with van der Waals surface area (Å²) in [5.74, 6) is 0.438. The van der Waals surface area contributed by atoms with Gasteiger partial charge in [-0.25, -0.2) is 0 Å². The van der Waals surface area contributed by atoms with Crippen LogP contribution in [0.25, 0.3) is 0 Å². The minimum atomic E-state index is -0.177. The highest BCUT2D eigenvalue weighted by molar-refractivity contribution is 5.94. The summed E-state index contributed by atoms with van der Waals surface area (Å²) in [6.45, 7) is 7.45. The summed E-state index contributed by atoms with van der Waals surface area (Å²) < 4.78 is 5.27. The number of hydrogen-bond donors (Lipinski definition) is 1. The van der Waals surface area contributed by atoms with Crippen molar-refractivity contribution in [1.82, 2.24) is 9.80 Å². The van der Waals surface area contributed by atoms with Crippen molar-refractivity contribution in [3.8, 4) is 5.75 Å². The standard InChI is InChI=1S/C23H31N3O3/c1-5-25(16-22(27)24-20-13-9-10-14-21(20)29-4)17-23(28)26(18(2)3)15-19-11-7-6-8-12-19/h6-14,18H,5,15-17H2,1-4H3,(H,24,27). The maximum absolute atomic E-state index is 12.9. The Hall–Kier alpha value is -2.86. The first-order chi connectivity index (χ1) is 13.9. The zero-order chi connectivity index (χ0) is 21.2. The van der Waals surface area contributed by atoms with Gasteiger partial charge in [-0.2, -0.15) is 0 Å². The van der Waals surface area contributed by atoms with Gasteiger partial charge in [-0.05, 0) is 38.1 Å². The molecule has 0 saturated carbocycles. The second-order valence-electron chi connectivity index (χ2n) is 7.15. The summed E-state index contributed by atoms with van der Waals surface area (Å²) >= 11 is 0. The molecule has 0 bridgehead atoms. The molecule has 0 aromatic heterocycles. The van der Waals surface area contributed by atoms with Gasteiger partial charge in [-0.15, -0.1) is 0 Å². The summed E-state index contributed by atoms with van der Waals surface area (Å²) in [7, 11) is 1.56. The fraction of sp³-hybridized carbons (Fsp3) is 0.391. The summed E-state index contributed by atoms with van der Waals surface area (Å²) in [4.78, 5) is 29.1. The highest BCUT2D eigenvalue weighted by Gasteiger charge is 2.21. The molecule has 0 saturated heterocycles. The zero-order valence-corrected chi connectivity index (χ0v) is 17.7. The molecule has 0 heterocycles. The van der Waals surface area contributed by atoms with E-state index in [9.17, 15) is 9.59 Å². The largest absolute Gasteiger partial charge is 0.495 e. The number of nitrogens with one attached hydrogen (secondary N) is 1. The van der Waals surface area contributed by atoms with E-state index in [2.05, 4.69) is 5.32 Å². The van der Waals surface area contributed by atoms with Crippen LogP contribution in [0, 0.1) is 0 Å². The average molecular weight is 398 g/mol. The van der Waals surface area contributed by atoms with Gasteiger partial charge in [0.15, 0.2) is 0 Å². The van der Waals surface area contributed by atoms with Crippen LogP contribution in [0.4, 0.5) is 5.69 Å². The molecule has 0 aliphatic carbocycles. The predicted octanol–water partition coefficient (Wildman–Crippen LogP) is 3.39. The topological polar surface area (TPSA) is 61.9 Å². The van der Waals surface area contributed by atoms with E-state index in [1.807, 2.05) is 73.0 Å². The second kappa shape index (κ2) is 11.2. The molecule has 156 valence electrons. The number of nitrogens with zero attached hydrogens (tertiary/aromatic N) is 2. The Bertz CT molecular complexity index is 793. The fourth-order valence-electron chi connectivity index (χ4n) is 3.04. The molecule has 0 atom stereocenters. The van der Waals surface area contributed by atoms with Crippen LogP contribution < -0.4 is 10.1 Å². The maximum Gasteiger partial charge on any atom is 0.238 e. The zero-order valence-electron chi connectivity index (χ0n) is 17.7. The number of ether oxygens (including phenoxy) is 1. The number of likely N-dealkylation sites (N-methyl/N-ethyl adjacent to an activating group) is 1.